The van der Waals surface area contributed by atoms with E-state index in [4.69, 9.17) is 25.6 Å². The molecule has 8 heteroatoms. The lowest BCUT2D eigenvalue weighted by Gasteiger charge is -2.21. The number of carbonyl (C=O) groups excluding carboxylic acids is 1. The highest BCUT2D eigenvalue weighted by molar-refractivity contribution is 6.30. The number of rotatable bonds is 7. The molecule has 0 radical (unpaired) electrons. The molecule has 2 heterocycles. The summed E-state index contributed by atoms with van der Waals surface area (Å²) in [7, 11) is 0. The van der Waals surface area contributed by atoms with Crippen LogP contribution in [0.15, 0.2) is 47.0 Å². The van der Waals surface area contributed by atoms with Crippen molar-refractivity contribution >= 4 is 17.5 Å². The molecule has 3 aromatic rings. The lowest BCUT2D eigenvalue weighted by atomic mass is 10.1. The minimum absolute atomic E-state index is 0.0245. The molecular formula is C21H20ClN3O4. The molecule has 0 saturated heterocycles. The Morgan fingerprint density at radius 1 is 1.14 bits per heavy atom. The largest absolute Gasteiger partial charge is 0.454 e. The van der Waals surface area contributed by atoms with Crippen molar-refractivity contribution in [1.29, 1.82) is 0 Å². The van der Waals surface area contributed by atoms with Crippen LogP contribution in [0.1, 0.15) is 24.8 Å². The average Bonchev–Trinajstić information content (AvgIpc) is 3.40. The molecule has 0 N–H and O–H groups in total. The molecule has 1 amide bonds. The molecule has 4 rings (SSSR count). The first kappa shape index (κ1) is 19.3. The van der Waals surface area contributed by atoms with Gasteiger partial charge in [-0.3, -0.25) is 4.79 Å². The van der Waals surface area contributed by atoms with Gasteiger partial charge in [0.25, 0.3) is 0 Å². The van der Waals surface area contributed by atoms with E-state index in [1.54, 1.807) is 17.0 Å². The third-order valence-corrected chi connectivity index (χ3v) is 4.92. The van der Waals surface area contributed by atoms with Gasteiger partial charge in [0.2, 0.25) is 24.4 Å². The van der Waals surface area contributed by atoms with Crippen LogP contribution < -0.4 is 9.47 Å². The summed E-state index contributed by atoms with van der Waals surface area (Å²) >= 11 is 5.90. The van der Waals surface area contributed by atoms with E-state index in [9.17, 15) is 4.79 Å². The summed E-state index contributed by atoms with van der Waals surface area (Å²) in [5.41, 5.74) is 1.81. The summed E-state index contributed by atoms with van der Waals surface area (Å²) < 4.78 is 16.0. The molecular weight excluding hydrogens is 394 g/mol. The number of ether oxygens (including phenoxy) is 2. The van der Waals surface area contributed by atoms with Gasteiger partial charge in [-0.05, 0) is 48.9 Å². The van der Waals surface area contributed by atoms with E-state index in [0.29, 0.717) is 48.4 Å². The lowest BCUT2D eigenvalue weighted by molar-refractivity contribution is -0.131. The number of nitrogens with zero attached hydrogens (tertiary/aromatic N) is 3. The third kappa shape index (κ3) is 4.51. The molecule has 1 aliphatic heterocycles. The Morgan fingerprint density at radius 3 is 2.72 bits per heavy atom. The molecule has 0 aliphatic carbocycles. The second-order valence-corrected chi connectivity index (χ2v) is 7.05. The first-order valence-corrected chi connectivity index (χ1v) is 9.75. The van der Waals surface area contributed by atoms with Crippen LogP contribution in [0, 0.1) is 0 Å². The number of aryl methyl sites for hydroxylation is 1. The number of amides is 1. The van der Waals surface area contributed by atoms with Gasteiger partial charge in [0.1, 0.15) is 0 Å². The monoisotopic (exact) mass is 413 g/mol. The van der Waals surface area contributed by atoms with E-state index >= 15 is 0 Å². The summed E-state index contributed by atoms with van der Waals surface area (Å²) in [5, 5.41) is 4.62. The van der Waals surface area contributed by atoms with Crippen LogP contribution in [0.5, 0.6) is 11.5 Å². The average molecular weight is 414 g/mol. The molecule has 1 aliphatic rings. The zero-order valence-electron chi connectivity index (χ0n) is 15.9. The molecule has 7 nitrogen and oxygen atoms in total. The maximum Gasteiger partial charge on any atom is 0.231 e. The normalized spacial score (nSPS) is 12.2. The highest BCUT2D eigenvalue weighted by Crippen LogP contribution is 2.32. The Kier molecular flexibility index (Phi) is 5.67. The fraction of sp³-hybridized carbons (Fsp3) is 0.286. The van der Waals surface area contributed by atoms with Crippen LogP contribution >= 0.6 is 11.6 Å². The van der Waals surface area contributed by atoms with Gasteiger partial charge in [0.05, 0.1) is 0 Å². The SMILES string of the molecule is CCN(Cc1ccc2c(c1)OCO2)C(=O)CCc1nc(-c2ccc(Cl)cc2)no1. The first-order valence-electron chi connectivity index (χ1n) is 9.37. The van der Waals surface area contributed by atoms with Gasteiger partial charge in [-0.15, -0.1) is 0 Å². The Hall–Kier alpha value is -3.06. The van der Waals surface area contributed by atoms with E-state index in [0.717, 1.165) is 16.9 Å². The van der Waals surface area contributed by atoms with Crippen LogP contribution in [0.4, 0.5) is 0 Å². The van der Waals surface area contributed by atoms with Crippen molar-refractivity contribution < 1.29 is 18.8 Å². The zero-order chi connectivity index (χ0) is 20.2. The topological polar surface area (TPSA) is 77.7 Å². The number of hydrogen-bond acceptors (Lipinski definition) is 6. The number of aromatic nitrogens is 2. The first-order chi connectivity index (χ1) is 14.1. The quantitative estimate of drug-likeness (QED) is 0.580. The molecule has 0 unspecified atom stereocenters. The molecule has 0 spiro atoms. The van der Waals surface area contributed by atoms with Crippen LogP contribution in [-0.4, -0.2) is 34.3 Å². The number of carbonyl (C=O) groups is 1. The van der Waals surface area contributed by atoms with Gasteiger partial charge in [-0.1, -0.05) is 22.8 Å². The predicted octanol–water partition coefficient (Wildman–Crippen LogP) is 4.10. The molecule has 1 aromatic heterocycles. The number of fused-ring (bicyclic) bond motifs is 1. The van der Waals surface area contributed by atoms with Gasteiger partial charge in [-0.2, -0.15) is 4.98 Å². The number of benzene rings is 2. The highest BCUT2D eigenvalue weighted by atomic mass is 35.5. The van der Waals surface area contributed by atoms with Crippen molar-refractivity contribution in [1.82, 2.24) is 15.0 Å². The van der Waals surface area contributed by atoms with Gasteiger partial charge >= 0.3 is 0 Å². The molecule has 0 atom stereocenters. The predicted molar refractivity (Wildman–Crippen MR) is 107 cm³/mol. The standard InChI is InChI=1S/C21H20ClN3O4/c1-2-25(12-14-3-8-17-18(11-14)28-13-27-17)20(26)10-9-19-23-21(24-29-19)15-4-6-16(22)7-5-15/h3-8,11H,2,9-10,12-13H2,1H3. The molecule has 29 heavy (non-hydrogen) atoms. The maximum absolute atomic E-state index is 12.7. The second-order valence-electron chi connectivity index (χ2n) is 6.61. The lowest BCUT2D eigenvalue weighted by Crippen LogP contribution is -2.30. The molecule has 2 aromatic carbocycles. The van der Waals surface area contributed by atoms with Gasteiger partial charge in [-0.25, -0.2) is 0 Å². The summed E-state index contributed by atoms with van der Waals surface area (Å²) in [6, 6.07) is 12.9. The second kappa shape index (κ2) is 8.53. The van der Waals surface area contributed by atoms with E-state index in [1.807, 2.05) is 37.3 Å². The van der Waals surface area contributed by atoms with Gasteiger partial charge in [0, 0.05) is 36.5 Å². The summed E-state index contributed by atoms with van der Waals surface area (Å²) in [6.45, 7) is 3.30. The molecule has 0 bridgehead atoms. The molecule has 0 saturated carbocycles. The van der Waals surface area contributed by atoms with E-state index < -0.39 is 0 Å². The Balaban J connectivity index is 1.35. The minimum Gasteiger partial charge on any atom is -0.454 e. The molecule has 150 valence electrons. The maximum atomic E-state index is 12.7. The van der Waals surface area contributed by atoms with Crippen molar-refractivity contribution in [3.8, 4) is 22.9 Å². The van der Waals surface area contributed by atoms with Crippen LogP contribution in [0.25, 0.3) is 11.4 Å². The molecule has 0 fully saturated rings. The van der Waals surface area contributed by atoms with E-state index in [1.165, 1.54) is 0 Å². The van der Waals surface area contributed by atoms with Crippen molar-refractivity contribution in [3.05, 3.63) is 58.9 Å². The Morgan fingerprint density at radius 2 is 1.93 bits per heavy atom. The van der Waals surface area contributed by atoms with Crippen LogP contribution in [0.2, 0.25) is 5.02 Å². The summed E-state index contributed by atoms with van der Waals surface area (Å²) in [6.07, 6.45) is 0.678. The number of halogens is 1. The Bertz CT molecular complexity index is 1000. The van der Waals surface area contributed by atoms with Crippen molar-refractivity contribution in [3.63, 3.8) is 0 Å². The number of hydrogen-bond donors (Lipinski definition) is 0. The Labute approximate surface area is 173 Å². The fourth-order valence-electron chi connectivity index (χ4n) is 3.08. The third-order valence-electron chi connectivity index (χ3n) is 4.67. The summed E-state index contributed by atoms with van der Waals surface area (Å²) in [4.78, 5) is 18.8. The van der Waals surface area contributed by atoms with Crippen LogP contribution in [0.3, 0.4) is 0 Å². The smallest absolute Gasteiger partial charge is 0.231 e. The van der Waals surface area contributed by atoms with Crippen LogP contribution in [-0.2, 0) is 17.8 Å². The van der Waals surface area contributed by atoms with E-state index in [-0.39, 0.29) is 12.7 Å². The van der Waals surface area contributed by atoms with E-state index in [2.05, 4.69) is 10.1 Å². The van der Waals surface area contributed by atoms with Crippen molar-refractivity contribution in [2.24, 2.45) is 0 Å². The van der Waals surface area contributed by atoms with Gasteiger partial charge in [0.15, 0.2) is 11.5 Å². The van der Waals surface area contributed by atoms with Crippen molar-refractivity contribution in [2.45, 2.75) is 26.3 Å². The van der Waals surface area contributed by atoms with Crippen molar-refractivity contribution in [2.75, 3.05) is 13.3 Å². The highest BCUT2D eigenvalue weighted by Gasteiger charge is 2.18. The van der Waals surface area contributed by atoms with Gasteiger partial charge < -0.3 is 18.9 Å². The summed E-state index contributed by atoms with van der Waals surface area (Å²) in [5.74, 6) is 2.39. The zero-order valence-corrected chi connectivity index (χ0v) is 16.7. The minimum atomic E-state index is 0.0245. The fourth-order valence-corrected chi connectivity index (χ4v) is 3.21.